The molecular formula is C17H26N2. The zero-order valence-corrected chi connectivity index (χ0v) is 12.0. The molecule has 1 aromatic rings. The highest BCUT2D eigenvalue weighted by molar-refractivity contribution is 5.48. The number of hydrogen-bond acceptors (Lipinski definition) is 2. The number of hydrogen-bond donors (Lipinski definition) is 1. The summed E-state index contributed by atoms with van der Waals surface area (Å²) in [5.74, 6) is 0. The Morgan fingerprint density at radius 2 is 2.11 bits per heavy atom. The maximum Gasteiger partial charge on any atom is 0.0220 e. The molecule has 1 atom stereocenters. The highest BCUT2D eigenvalue weighted by Gasteiger charge is 2.19. The lowest BCUT2D eigenvalue weighted by Crippen LogP contribution is -2.45. The van der Waals surface area contributed by atoms with Gasteiger partial charge in [0, 0.05) is 19.1 Å². The summed E-state index contributed by atoms with van der Waals surface area (Å²) in [6.45, 7) is 6.82. The summed E-state index contributed by atoms with van der Waals surface area (Å²) in [7, 11) is 0. The average molecular weight is 258 g/mol. The molecule has 1 aliphatic heterocycles. The minimum absolute atomic E-state index is 0.740. The molecule has 2 rings (SSSR count). The van der Waals surface area contributed by atoms with Crippen molar-refractivity contribution >= 4 is 6.08 Å². The van der Waals surface area contributed by atoms with Crippen molar-refractivity contribution in [3.05, 3.63) is 42.0 Å². The largest absolute Gasteiger partial charge is 0.312 e. The zero-order valence-electron chi connectivity index (χ0n) is 12.0. The van der Waals surface area contributed by atoms with E-state index in [1.54, 1.807) is 0 Å². The molecule has 1 unspecified atom stereocenters. The van der Waals surface area contributed by atoms with Crippen LogP contribution in [0.1, 0.15) is 31.7 Å². The van der Waals surface area contributed by atoms with Crippen molar-refractivity contribution < 1.29 is 0 Å². The maximum atomic E-state index is 3.56. The number of likely N-dealkylation sites (tertiary alicyclic amines) is 1. The number of likely N-dealkylation sites (N-methyl/N-ethyl adjacent to an activating group) is 1. The summed E-state index contributed by atoms with van der Waals surface area (Å²) in [4.78, 5) is 2.61. The first kappa shape index (κ1) is 14.3. The van der Waals surface area contributed by atoms with E-state index >= 15 is 0 Å². The monoisotopic (exact) mass is 258 g/mol. The predicted octanol–water partition coefficient (Wildman–Crippen LogP) is 3.16. The molecule has 0 amide bonds. The summed E-state index contributed by atoms with van der Waals surface area (Å²) >= 11 is 0. The van der Waals surface area contributed by atoms with Crippen molar-refractivity contribution in [3.63, 3.8) is 0 Å². The molecule has 1 saturated heterocycles. The van der Waals surface area contributed by atoms with Gasteiger partial charge in [-0.25, -0.2) is 0 Å². The van der Waals surface area contributed by atoms with E-state index in [9.17, 15) is 0 Å². The van der Waals surface area contributed by atoms with Gasteiger partial charge in [0.25, 0.3) is 0 Å². The van der Waals surface area contributed by atoms with Gasteiger partial charge in [0.05, 0.1) is 0 Å². The van der Waals surface area contributed by atoms with Crippen molar-refractivity contribution in [2.75, 3.05) is 26.2 Å². The first-order valence-corrected chi connectivity index (χ1v) is 7.56. The highest BCUT2D eigenvalue weighted by Crippen LogP contribution is 2.15. The molecule has 1 heterocycles. The Labute approximate surface area is 117 Å². The summed E-state index contributed by atoms with van der Waals surface area (Å²) < 4.78 is 0. The number of benzene rings is 1. The Hall–Kier alpha value is -1.12. The molecule has 0 bridgehead atoms. The van der Waals surface area contributed by atoms with Crippen LogP contribution in [-0.4, -0.2) is 37.1 Å². The van der Waals surface area contributed by atoms with Crippen LogP contribution in [0.25, 0.3) is 6.08 Å². The van der Waals surface area contributed by atoms with Gasteiger partial charge in [-0.3, -0.25) is 4.90 Å². The van der Waals surface area contributed by atoms with Crippen LogP contribution in [-0.2, 0) is 0 Å². The number of nitrogens with one attached hydrogen (secondary N) is 1. The zero-order chi connectivity index (χ0) is 13.3. The molecule has 0 aliphatic carbocycles. The third-order valence-corrected chi connectivity index (χ3v) is 3.91. The van der Waals surface area contributed by atoms with Crippen LogP contribution in [0, 0.1) is 0 Å². The Kier molecular flexibility index (Phi) is 6.12. The van der Waals surface area contributed by atoms with E-state index in [4.69, 9.17) is 0 Å². The normalized spacial score (nSPS) is 21.0. The molecule has 1 fully saturated rings. The van der Waals surface area contributed by atoms with Crippen LogP contribution in [0.15, 0.2) is 36.4 Å². The first-order chi connectivity index (χ1) is 9.40. The van der Waals surface area contributed by atoms with Crippen molar-refractivity contribution in [1.29, 1.82) is 0 Å². The van der Waals surface area contributed by atoms with Crippen LogP contribution < -0.4 is 5.32 Å². The smallest absolute Gasteiger partial charge is 0.0220 e. The second kappa shape index (κ2) is 8.13. The third kappa shape index (κ3) is 4.81. The molecule has 0 aromatic heterocycles. The van der Waals surface area contributed by atoms with Gasteiger partial charge in [-0.2, -0.15) is 0 Å². The lowest BCUT2D eigenvalue weighted by atomic mass is 10.0. The van der Waals surface area contributed by atoms with E-state index in [0.29, 0.717) is 0 Å². The van der Waals surface area contributed by atoms with Gasteiger partial charge in [-0.1, -0.05) is 55.8 Å². The van der Waals surface area contributed by atoms with Crippen LogP contribution >= 0.6 is 0 Å². The van der Waals surface area contributed by atoms with Crippen LogP contribution in [0.5, 0.6) is 0 Å². The molecule has 2 heteroatoms. The van der Waals surface area contributed by atoms with E-state index < -0.39 is 0 Å². The van der Waals surface area contributed by atoms with Gasteiger partial charge in [0.15, 0.2) is 0 Å². The minimum atomic E-state index is 0.740. The second-order valence-electron chi connectivity index (χ2n) is 5.25. The molecule has 104 valence electrons. The van der Waals surface area contributed by atoms with E-state index in [1.165, 1.54) is 37.9 Å². The summed E-state index contributed by atoms with van der Waals surface area (Å²) in [6, 6.07) is 11.2. The molecule has 1 aliphatic rings. The van der Waals surface area contributed by atoms with E-state index in [-0.39, 0.29) is 0 Å². The van der Waals surface area contributed by atoms with Crippen LogP contribution in [0.4, 0.5) is 0 Å². The van der Waals surface area contributed by atoms with E-state index in [2.05, 4.69) is 59.6 Å². The quantitative estimate of drug-likeness (QED) is 0.789. The SMILES string of the molecule is CCN1CCCCC1CNC/C=C/c1ccccc1. The van der Waals surface area contributed by atoms with Gasteiger partial charge in [0.1, 0.15) is 0 Å². The molecule has 0 saturated carbocycles. The van der Waals surface area contributed by atoms with Crippen molar-refractivity contribution in [1.82, 2.24) is 10.2 Å². The molecule has 0 spiro atoms. The second-order valence-corrected chi connectivity index (χ2v) is 5.25. The Morgan fingerprint density at radius 1 is 1.26 bits per heavy atom. The van der Waals surface area contributed by atoms with Gasteiger partial charge in [-0.15, -0.1) is 0 Å². The van der Waals surface area contributed by atoms with Crippen molar-refractivity contribution in [2.45, 2.75) is 32.2 Å². The predicted molar refractivity (Wildman–Crippen MR) is 83.2 cm³/mol. The van der Waals surface area contributed by atoms with Gasteiger partial charge in [-0.05, 0) is 31.5 Å². The summed E-state index contributed by atoms with van der Waals surface area (Å²) in [5, 5.41) is 3.56. The van der Waals surface area contributed by atoms with E-state index in [1.807, 2.05) is 0 Å². The number of nitrogens with zero attached hydrogens (tertiary/aromatic N) is 1. The fourth-order valence-electron chi connectivity index (χ4n) is 2.80. The van der Waals surface area contributed by atoms with Crippen LogP contribution in [0.3, 0.4) is 0 Å². The topological polar surface area (TPSA) is 15.3 Å². The van der Waals surface area contributed by atoms with Crippen molar-refractivity contribution in [2.24, 2.45) is 0 Å². The molecule has 2 nitrogen and oxygen atoms in total. The molecular weight excluding hydrogens is 232 g/mol. The Bertz CT molecular complexity index is 372. The first-order valence-electron chi connectivity index (χ1n) is 7.56. The van der Waals surface area contributed by atoms with Crippen molar-refractivity contribution in [3.8, 4) is 0 Å². The van der Waals surface area contributed by atoms with Gasteiger partial charge in [0.2, 0.25) is 0 Å². The fourth-order valence-corrected chi connectivity index (χ4v) is 2.80. The third-order valence-electron chi connectivity index (χ3n) is 3.91. The molecule has 1 N–H and O–H groups in total. The number of piperidine rings is 1. The fraction of sp³-hybridized carbons (Fsp3) is 0.529. The Balaban J connectivity index is 1.67. The van der Waals surface area contributed by atoms with Gasteiger partial charge < -0.3 is 5.32 Å². The Morgan fingerprint density at radius 3 is 2.89 bits per heavy atom. The van der Waals surface area contributed by atoms with Gasteiger partial charge >= 0.3 is 0 Å². The summed E-state index contributed by atoms with van der Waals surface area (Å²) in [5.41, 5.74) is 1.28. The minimum Gasteiger partial charge on any atom is -0.312 e. The summed E-state index contributed by atoms with van der Waals surface area (Å²) in [6.07, 6.45) is 8.52. The number of rotatable bonds is 6. The molecule has 1 aromatic carbocycles. The highest BCUT2D eigenvalue weighted by atomic mass is 15.2. The molecule has 19 heavy (non-hydrogen) atoms. The maximum absolute atomic E-state index is 3.56. The van der Waals surface area contributed by atoms with Crippen LogP contribution in [0.2, 0.25) is 0 Å². The van der Waals surface area contributed by atoms with E-state index in [0.717, 1.165) is 19.1 Å². The lowest BCUT2D eigenvalue weighted by molar-refractivity contribution is 0.154. The lowest BCUT2D eigenvalue weighted by Gasteiger charge is -2.34. The average Bonchev–Trinajstić information content (AvgIpc) is 2.48. The standard InChI is InChI=1S/C17H26N2/c1-2-19-14-7-6-12-17(19)15-18-13-8-11-16-9-4-3-5-10-16/h3-5,8-11,17-18H,2,6-7,12-15H2,1H3/b11-8+. The molecule has 0 radical (unpaired) electrons.